The summed E-state index contributed by atoms with van der Waals surface area (Å²) in [5, 5.41) is 11.8. The van der Waals surface area contributed by atoms with E-state index >= 15 is 0 Å². The number of anilines is 1. The zero-order valence-electron chi connectivity index (χ0n) is 15.2. The molecule has 1 atom stereocenters. The summed E-state index contributed by atoms with van der Waals surface area (Å²) in [6.45, 7) is 0.199. The highest BCUT2D eigenvalue weighted by Crippen LogP contribution is 2.36. The molecule has 0 saturated heterocycles. The van der Waals surface area contributed by atoms with Gasteiger partial charge >= 0.3 is 0 Å². The minimum absolute atomic E-state index is 0.199. The van der Waals surface area contributed by atoms with Gasteiger partial charge < -0.3 is 19.2 Å². The van der Waals surface area contributed by atoms with E-state index in [-0.39, 0.29) is 12.6 Å². The smallest absolute Gasteiger partial charge is 0.247 e. The van der Waals surface area contributed by atoms with Crippen LogP contribution in [0.15, 0.2) is 77.2 Å². The molecule has 1 N–H and O–H groups in total. The fourth-order valence-electron chi connectivity index (χ4n) is 3.14. The minimum atomic E-state index is -0.471. The average molecular weight is 389 g/mol. The number of nitrogens with zero attached hydrogens (tertiary/aromatic N) is 2. The molecule has 144 valence electrons. The van der Waals surface area contributed by atoms with E-state index in [1.807, 2.05) is 48.5 Å². The molecular weight excluding hydrogens is 373 g/mol. The van der Waals surface area contributed by atoms with Gasteiger partial charge in [0.1, 0.15) is 11.9 Å². The molecule has 0 bridgehead atoms. The van der Waals surface area contributed by atoms with Crippen molar-refractivity contribution in [1.82, 2.24) is 10.2 Å². The molecule has 1 aromatic heterocycles. The predicted octanol–water partition coefficient (Wildman–Crippen LogP) is 4.81. The lowest BCUT2D eigenvalue weighted by atomic mass is 10.1. The van der Waals surface area contributed by atoms with Crippen LogP contribution in [0.4, 0.5) is 10.1 Å². The quantitative estimate of drug-likeness (QED) is 0.528. The summed E-state index contributed by atoms with van der Waals surface area (Å²) >= 11 is 0. The van der Waals surface area contributed by atoms with Gasteiger partial charge in [0, 0.05) is 17.3 Å². The summed E-state index contributed by atoms with van der Waals surface area (Å²) in [5.74, 6) is 1.82. The predicted molar refractivity (Wildman–Crippen MR) is 104 cm³/mol. The highest BCUT2D eigenvalue weighted by molar-refractivity contribution is 5.57. The standard InChI is InChI=1S/C22H16FN3O3/c23-16-8-6-14(7-9-16)20(24-17-10-11-18-19(12-17)28-13-27-18)22-26-25-21(29-22)15-4-2-1-3-5-15/h1-12,20,24H,13H2/t20-/m1/s1. The topological polar surface area (TPSA) is 69.4 Å². The van der Waals surface area contributed by atoms with Crippen molar-refractivity contribution >= 4 is 5.69 Å². The van der Waals surface area contributed by atoms with Crippen molar-refractivity contribution in [3.8, 4) is 23.0 Å². The highest BCUT2D eigenvalue weighted by Gasteiger charge is 2.23. The zero-order chi connectivity index (χ0) is 19.6. The number of rotatable bonds is 5. The molecule has 2 heterocycles. The number of nitrogens with one attached hydrogen (secondary N) is 1. The van der Waals surface area contributed by atoms with Gasteiger partial charge in [-0.25, -0.2) is 4.39 Å². The van der Waals surface area contributed by atoms with Crippen molar-refractivity contribution in [2.75, 3.05) is 12.1 Å². The molecule has 0 aliphatic carbocycles. The van der Waals surface area contributed by atoms with Crippen molar-refractivity contribution in [2.24, 2.45) is 0 Å². The number of ether oxygens (including phenoxy) is 2. The number of benzene rings is 3. The zero-order valence-corrected chi connectivity index (χ0v) is 15.2. The number of aromatic nitrogens is 2. The molecule has 6 nitrogen and oxygen atoms in total. The maximum atomic E-state index is 13.5. The van der Waals surface area contributed by atoms with Gasteiger partial charge in [-0.2, -0.15) is 0 Å². The van der Waals surface area contributed by atoms with Crippen LogP contribution < -0.4 is 14.8 Å². The van der Waals surface area contributed by atoms with Gasteiger partial charge in [0.2, 0.25) is 18.6 Å². The summed E-state index contributed by atoms with van der Waals surface area (Å²) in [5.41, 5.74) is 2.39. The first-order chi connectivity index (χ1) is 14.3. The number of halogens is 1. The van der Waals surface area contributed by atoms with Crippen molar-refractivity contribution in [1.29, 1.82) is 0 Å². The van der Waals surface area contributed by atoms with E-state index in [1.54, 1.807) is 12.1 Å². The first-order valence-electron chi connectivity index (χ1n) is 9.07. The number of fused-ring (bicyclic) bond motifs is 1. The van der Waals surface area contributed by atoms with Crippen molar-refractivity contribution in [3.63, 3.8) is 0 Å². The van der Waals surface area contributed by atoms with Gasteiger partial charge in [-0.15, -0.1) is 10.2 Å². The molecule has 0 amide bonds. The van der Waals surface area contributed by atoms with E-state index in [1.165, 1.54) is 12.1 Å². The molecule has 0 radical (unpaired) electrons. The lowest BCUT2D eigenvalue weighted by Gasteiger charge is -2.17. The van der Waals surface area contributed by atoms with Crippen molar-refractivity contribution in [3.05, 3.63) is 90.1 Å². The van der Waals surface area contributed by atoms with Gasteiger partial charge in [-0.05, 0) is 42.0 Å². The van der Waals surface area contributed by atoms with Crippen LogP contribution in [-0.2, 0) is 0 Å². The first kappa shape index (κ1) is 17.2. The monoisotopic (exact) mass is 389 g/mol. The van der Waals surface area contributed by atoms with Gasteiger partial charge in [0.05, 0.1) is 0 Å². The van der Waals surface area contributed by atoms with Crippen LogP contribution in [0.5, 0.6) is 11.5 Å². The summed E-state index contributed by atoms with van der Waals surface area (Å²) in [7, 11) is 0. The molecule has 7 heteroatoms. The normalized spacial score (nSPS) is 13.3. The Kier molecular flexibility index (Phi) is 4.32. The van der Waals surface area contributed by atoms with E-state index in [0.29, 0.717) is 23.3 Å². The molecule has 5 rings (SSSR count). The van der Waals surface area contributed by atoms with Crippen molar-refractivity contribution in [2.45, 2.75) is 6.04 Å². The Morgan fingerprint density at radius 2 is 1.66 bits per heavy atom. The Hall–Kier alpha value is -3.87. The van der Waals surface area contributed by atoms with Crippen LogP contribution >= 0.6 is 0 Å². The average Bonchev–Trinajstić information content (AvgIpc) is 3.43. The molecular formula is C22H16FN3O3. The molecule has 1 aliphatic heterocycles. The van der Waals surface area contributed by atoms with Crippen LogP contribution in [0.2, 0.25) is 0 Å². The molecule has 0 spiro atoms. The Labute approximate surface area is 165 Å². The number of hydrogen-bond acceptors (Lipinski definition) is 6. The third-order valence-corrected chi connectivity index (χ3v) is 4.60. The summed E-state index contributed by atoms with van der Waals surface area (Å²) in [6, 6.07) is 20.8. The fraction of sp³-hybridized carbons (Fsp3) is 0.0909. The Morgan fingerprint density at radius 3 is 2.48 bits per heavy atom. The summed E-state index contributed by atoms with van der Waals surface area (Å²) in [4.78, 5) is 0. The molecule has 3 aromatic carbocycles. The second kappa shape index (κ2) is 7.27. The first-order valence-corrected chi connectivity index (χ1v) is 9.07. The second-order valence-corrected chi connectivity index (χ2v) is 6.51. The molecule has 29 heavy (non-hydrogen) atoms. The third-order valence-electron chi connectivity index (χ3n) is 4.60. The van der Waals surface area contributed by atoms with Crippen LogP contribution in [0.25, 0.3) is 11.5 Å². The van der Waals surface area contributed by atoms with Gasteiger partial charge in [0.25, 0.3) is 0 Å². The molecule has 0 unspecified atom stereocenters. The molecule has 1 aliphatic rings. The Bertz CT molecular complexity index is 1130. The Balaban J connectivity index is 1.51. The van der Waals surface area contributed by atoms with Crippen LogP contribution in [0.3, 0.4) is 0 Å². The lowest BCUT2D eigenvalue weighted by Crippen LogP contribution is -2.13. The van der Waals surface area contributed by atoms with Gasteiger partial charge in [-0.3, -0.25) is 0 Å². The SMILES string of the molecule is Fc1ccc([C@@H](Nc2ccc3c(c2)OCO3)c2nnc(-c3ccccc3)o2)cc1. The highest BCUT2D eigenvalue weighted by atomic mass is 19.1. The second-order valence-electron chi connectivity index (χ2n) is 6.51. The van der Waals surface area contributed by atoms with Crippen LogP contribution in [0, 0.1) is 5.82 Å². The third kappa shape index (κ3) is 3.50. The van der Waals surface area contributed by atoms with E-state index in [2.05, 4.69) is 15.5 Å². The van der Waals surface area contributed by atoms with E-state index in [0.717, 1.165) is 16.8 Å². The maximum absolute atomic E-state index is 13.5. The Morgan fingerprint density at radius 1 is 0.862 bits per heavy atom. The minimum Gasteiger partial charge on any atom is -0.454 e. The van der Waals surface area contributed by atoms with Gasteiger partial charge in [0.15, 0.2) is 11.5 Å². The van der Waals surface area contributed by atoms with Crippen LogP contribution in [0.1, 0.15) is 17.5 Å². The van der Waals surface area contributed by atoms with E-state index in [9.17, 15) is 4.39 Å². The van der Waals surface area contributed by atoms with Gasteiger partial charge in [-0.1, -0.05) is 30.3 Å². The van der Waals surface area contributed by atoms with Crippen molar-refractivity contribution < 1.29 is 18.3 Å². The van der Waals surface area contributed by atoms with E-state index < -0.39 is 6.04 Å². The largest absolute Gasteiger partial charge is 0.454 e. The van der Waals surface area contributed by atoms with E-state index in [4.69, 9.17) is 13.9 Å². The molecule has 0 fully saturated rings. The molecule has 4 aromatic rings. The molecule has 0 saturated carbocycles. The number of hydrogen-bond donors (Lipinski definition) is 1. The fourth-order valence-corrected chi connectivity index (χ4v) is 3.14. The summed E-state index contributed by atoms with van der Waals surface area (Å²) < 4.78 is 30.2. The van der Waals surface area contributed by atoms with Crippen LogP contribution in [-0.4, -0.2) is 17.0 Å². The lowest BCUT2D eigenvalue weighted by molar-refractivity contribution is 0.174. The summed E-state index contributed by atoms with van der Waals surface area (Å²) in [6.07, 6.45) is 0. The maximum Gasteiger partial charge on any atom is 0.247 e.